The molecule has 1 aliphatic heterocycles. The molecule has 114 valence electrons. The molecule has 21 heavy (non-hydrogen) atoms. The summed E-state index contributed by atoms with van der Waals surface area (Å²) >= 11 is 0. The Morgan fingerprint density at radius 2 is 2.00 bits per heavy atom. The van der Waals surface area contributed by atoms with E-state index < -0.39 is 0 Å². The average Bonchev–Trinajstić information content (AvgIpc) is 2.51. The highest BCUT2D eigenvalue weighted by molar-refractivity contribution is 5.90. The Kier molecular flexibility index (Phi) is 4.83. The number of carbonyl (C=O) groups is 2. The highest BCUT2D eigenvalue weighted by atomic mass is 16.2. The van der Waals surface area contributed by atoms with Crippen molar-refractivity contribution < 1.29 is 9.59 Å². The third-order valence-corrected chi connectivity index (χ3v) is 3.90. The first-order valence-electron chi connectivity index (χ1n) is 7.36. The van der Waals surface area contributed by atoms with Gasteiger partial charge in [0.25, 0.3) is 0 Å². The smallest absolute Gasteiger partial charge is 0.241 e. The second kappa shape index (κ2) is 6.61. The monoisotopic (exact) mass is 289 g/mol. The lowest BCUT2D eigenvalue weighted by Gasteiger charge is -2.31. The third kappa shape index (κ3) is 3.35. The van der Waals surface area contributed by atoms with Crippen LogP contribution in [0.5, 0.6) is 0 Å². The van der Waals surface area contributed by atoms with Crippen LogP contribution in [-0.2, 0) is 9.59 Å². The number of nitrogens with zero attached hydrogens (tertiary/aromatic N) is 2. The van der Waals surface area contributed by atoms with E-state index >= 15 is 0 Å². The molecule has 0 saturated carbocycles. The van der Waals surface area contributed by atoms with E-state index in [4.69, 9.17) is 0 Å². The summed E-state index contributed by atoms with van der Waals surface area (Å²) in [6.45, 7) is 3.39. The number of fused-ring (bicyclic) bond motifs is 1. The molecule has 0 radical (unpaired) electrons. The van der Waals surface area contributed by atoms with E-state index in [1.54, 1.807) is 19.0 Å². The van der Waals surface area contributed by atoms with Crippen molar-refractivity contribution in [3.8, 4) is 0 Å². The Balaban J connectivity index is 2.17. The molecular weight excluding hydrogens is 266 g/mol. The van der Waals surface area contributed by atoms with Crippen molar-refractivity contribution in [3.05, 3.63) is 29.8 Å². The quantitative estimate of drug-likeness (QED) is 0.914. The maximum Gasteiger partial charge on any atom is 0.241 e. The molecule has 1 atom stereocenters. The van der Waals surface area contributed by atoms with Crippen molar-refractivity contribution in [1.82, 2.24) is 9.80 Å². The Morgan fingerprint density at radius 1 is 1.29 bits per heavy atom. The van der Waals surface area contributed by atoms with Gasteiger partial charge in [-0.2, -0.15) is 0 Å². The summed E-state index contributed by atoms with van der Waals surface area (Å²) in [6, 6.07) is 7.90. The Bertz CT molecular complexity index is 528. The standard InChI is InChI=1S/C16H23N3O2/c1-4-19(11-15(20)18(2)3)16(21)13-9-10-17-14-8-6-5-7-12(13)14/h5-8,13,17H,4,9-11H2,1-3H3. The predicted octanol–water partition coefficient (Wildman–Crippen LogP) is 1.52. The van der Waals surface area contributed by atoms with Crippen LogP contribution in [-0.4, -0.2) is 55.3 Å². The number of likely N-dealkylation sites (N-methyl/N-ethyl adjacent to an activating group) is 2. The molecule has 0 aliphatic carbocycles. The summed E-state index contributed by atoms with van der Waals surface area (Å²) in [7, 11) is 3.42. The molecule has 5 heteroatoms. The van der Waals surface area contributed by atoms with E-state index in [1.165, 1.54) is 4.90 Å². The van der Waals surface area contributed by atoms with E-state index in [0.717, 1.165) is 24.2 Å². The first-order valence-corrected chi connectivity index (χ1v) is 7.36. The van der Waals surface area contributed by atoms with E-state index in [0.29, 0.717) is 6.54 Å². The van der Waals surface area contributed by atoms with Crippen molar-refractivity contribution in [3.63, 3.8) is 0 Å². The van der Waals surface area contributed by atoms with Gasteiger partial charge >= 0.3 is 0 Å². The summed E-state index contributed by atoms with van der Waals surface area (Å²) in [5, 5.41) is 3.32. The first kappa shape index (κ1) is 15.4. The van der Waals surface area contributed by atoms with Crippen molar-refractivity contribution in [2.75, 3.05) is 39.0 Å². The molecule has 2 amide bonds. The Morgan fingerprint density at radius 3 is 2.67 bits per heavy atom. The fraction of sp³-hybridized carbons (Fsp3) is 0.500. The van der Waals surface area contributed by atoms with Gasteiger partial charge in [-0.15, -0.1) is 0 Å². The van der Waals surface area contributed by atoms with E-state index in [2.05, 4.69) is 5.32 Å². The highest BCUT2D eigenvalue weighted by Gasteiger charge is 2.30. The van der Waals surface area contributed by atoms with E-state index in [1.807, 2.05) is 31.2 Å². The number of anilines is 1. The van der Waals surface area contributed by atoms with Gasteiger partial charge in [0.1, 0.15) is 0 Å². The summed E-state index contributed by atoms with van der Waals surface area (Å²) in [4.78, 5) is 27.8. The highest BCUT2D eigenvalue weighted by Crippen LogP contribution is 2.32. The van der Waals surface area contributed by atoms with Gasteiger partial charge in [0.2, 0.25) is 11.8 Å². The molecule has 1 N–H and O–H groups in total. The second-order valence-electron chi connectivity index (χ2n) is 5.50. The molecule has 0 bridgehead atoms. The SMILES string of the molecule is CCN(CC(=O)N(C)C)C(=O)C1CCNc2ccccc21. The number of hydrogen-bond acceptors (Lipinski definition) is 3. The minimum atomic E-state index is -0.155. The maximum atomic E-state index is 12.8. The molecule has 0 saturated heterocycles. The van der Waals surface area contributed by atoms with Crippen LogP contribution >= 0.6 is 0 Å². The summed E-state index contributed by atoms with van der Waals surface area (Å²) in [5.41, 5.74) is 2.06. The zero-order chi connectivity index (χ0) is 15.4. The summed E-state index contributed by atoms with van der Waals surface area (Å²) in [5.74, 6) is -0.161. The van der Waals surface area contributed by atoms with Crippen LogP contribution in [0.3, 0.4) is 0 Å². The molecule has 0 spiro atoms. The van der Waals surface area contributed by atoms with Gasteiger partial charge in [-0.1, -0.05) is 18.2 Å². The summed E-state index contributed by atoms with van der Waals surface area (Å²) in [6.07, 6.45) is 0.766. The van der Waals surface area contributed by atoms with Gasteiger partial charge in [0.05, 0.1) is 12.5 Å². The number of amides is 2. The molecule has 2 rings (SSSR count). The van der Waals surface area contributed by atoms with Crippen LogP contribution in [0.4, 0.5) is 5.69 Å². The van der Waals surface area contributed by atoms with Crippen molar-refractivity contribution >= 4 is 17.5 Å². The molecule has 5 nitrogen and oxygen atoms in total. The van der Waals surface area contributed by atoms with Gasteiger partial charge in [0.15, 0.2) is 0 Å². The fourth-order valence-corrected chi connectivity index (χ4v) is 2.60. The Hall–Kier alpha value is -2.04. The number of benzene rings is 1. The largest absolute Gasteiger partial charge is 0.385 e. The molecule has 0 fully saturated rings. The molecule has 0 aromatic heterocycles. The zero-order valence-corrected chi connectivity index (χ0v) is 12.9. The lowest BCUT2D eigenvalue weighted by Crippen LogP contribution is -2.43. The molecule has 1 aromatic rings. The lowest BCUT2D eigenvalue weighted by molar-refractivity contribution is -0.140. The Labute approximate surface area is 125 Å². The van der Waals surface area contributed by atoms with Crippen LogP contribution in [0.1, 0.15) is 24.8 Å². The lowest BCUT2D eigenvalue weighted by atomic mass is 9.89. The first-order chi connectivity index (χ1) is 10.0. The number of rotatable bonds is 4. The topological polar surface area (TPSA) is 52.7 Å². The van der Waals surface area contributed by atoms with Crippen molar-refractivity contribution in [1.29, 1.82) is 0 Å². The van der Waals surface area contributed by atoms with Crippen LogP contribution in [0.2, 0.25) is 0 Å². The van der Waals surface area contributed by atoms with Crippen LogP contribution in [0.15, 0.2) is 24.3 Å². The molecule has 1 unspecified atom stereocenters. The number of para-hydroxylation sites is 1. The van der Waals surface area contributed by atoms with Crippen LogP contribution in [0.25, 0.3) is 0 Å². The van der Waals surface area contributed by atoms with Crippen molar-refractivity contribution in [2.24, 2.45) is 0 Å². The molecule has 1 aliphatic rings. The minimum absolute atomic E-state index is 0.0432. The predicted molar refractivity (Wildman–Crippen MR) is 83.2 cm³/mol. The van der Waals surface area contributed by atoms with Crippen LogP contribution in [0, 0.1) is 0 Å². The molecule has 1 heterocycles. The zero-order valence-electron chi connectivity index (χ0n) is 12.9. The number of nitrogens with one attached hydrogen (secondary N) is 1. The number of carbonyl (C=O) groups excluding carboxylic acids is 2. The maximum absolute atomic E-state index is 12.8. The van der Waals surface area contributed by atoms with Crippen LogP contribution < -0.4 is 5.32 Å². The van der Waals surface area contributed by atoms with Gasteiger partial charge in [0, 0.05) is 32.9 Å². The van der Waals surface area contributed by atoms with E-state index in [9.17, 15) is 9.59 Å². The second-order valence-corrected chi connectivity index (χ2v) is 5.50. The summed E-state index contributed by atoms with van der Waals surface area (Å²) < 4.78 is 0. The number of hydrogen-bond donors (Lipinski definition) is 1. The van der Waals surface area contributed by atoms with Gasteiger partial charge in [-0.3, -0.25) is 9.59 Å². The van der Waals surface area contributed by atoms with E-state index in [-0.39, 0.29) is 24.3 Å². The average molecular weight is 289 g/mol. The van der Waals surface area contributed by atoms with Gasteiger partial charge in [-0.05, 0) is 25.0 Å². The van der Waals surface area contributed by atoms with Gasteiger partial charge in [-0.25, -0.2) is 0 Å². The third-order valence-electron chi connectivity index (χ3n) is 3.90. The molecular formula is C16H23N3O2. The normalized spacial score (nSPS) is 16.6. The fourth-order valence-electron chi connectivity index (χ4n) is 2.60. The molecule has 1 aromatic carbocycles. The van der Waals surface area contributed by atoms with Gasteiger partial charge < -0.3 is 15.1 Å². The van der Waals surface area contributed by atoms with Crippen molar-refractivity contribution in [2.45, 2.75) is 19.3 Å². The minimum Gasteiger partial charge on any atom is -0.385 e.